The number of halogens is 1. The molecule has 3 heteroatoms. The van der Waals surface area contributed by atoms with Gasteiger partial charge in [0, 0.05) is 5.56 Å². The van der Waals surface area contributed by atoms with Gasteiger partial charge < -0.3 is 0 Å². The minimum atomic E-state index is 0.418. The summed E-state index contributed by atoms with van der Waals surface area (Å²) in [6.07, 6.45) is 0. The fourth-order valence-electron chi connectivity index (χ4n) is 1.27. The number of nitrogens with zero attached hydrogens (tertiary/aromatic N) is 2. The highest BCUT2D eigenvalue weighted by Gasteiger charge is 1.99. The SMILES string of the molecule is Cc1cccc(-c2ccc(Cl)nn2)c1. The Hall–Kier alpha value is -1.41. The molecular weight excluding hydrogens is 196 g/mol. The van der Waals surface area contributed by atoms with Gasteiger partial charge in [0.2, 0.25) is 0 Å². The molecule has 0 unspecified atom stereocenters. The van der Waals surface area contributed by atoms with Gasteiger partial charge in [0.25, 0.3) is 0 Å². The highest BCUT2D eigenvalue weighted by molar-refractivity contribution is 6.29. The Labute approximate surface area is 87.6 Å². The third kappa shape index (κ3) is 1.91. The van der Waals surface area contributed by atoms with Crippen molar-refractivity contribution in [2.75, 3.05) is 0 Å². The van der Waals surface area contributed by atoms with E-state index in [1.807, 2.05) is 31.2 Å². The molecule has 0 atom stereocenters. The normalized spacial score (nSPS) is 10.1. The second-order valence-electron chi connectivity index (χ2n) is 3.11. The average Bonchev–Trinajstić information content (AvgIpc) is 2.19. The van der Waals surface area contributed by atoms with Crippen LogP contribution in [0.2, 0.25) is 5.15 Å². The smallest absolute Gasteiger partial charge is 0.149 e. The summed E-state index contributed by atoms with van der Waals surface area (Å²) in [7, 11) is 0. The Kier molecular flexibility index (Phi) is 2.46. The highest BCUT2D eigenvalue weighted by atomic mass is 35.5. The van der Waals surface area contributed by atoms with Gasteiger partial charge in [-0.25, -0.2) is 0 Å². The fraction of sp³-hybridized carbons (Fsp3) is 0.0909. The van der Waals surface area contributed by atoms with E-state index >= 15 is 0 Å². The van der Waals surface area contributed by atoms with Crippen LogP contribution in [0, 0.1) is 6.92 Å². The van der Waals surface area contributed by atoms with Gasteiger partial charge in [0.05, 0.1) is 5.69 Å². The standard InChI is InChI=1S/C11H9ClN2/c1-8-3-2-4-9(7-8)10-5-6-11(12)14-13-10/h2-7H,1H3. The summed E-state index contributed by atoms with van der Waals surface area (Å²) in [5.41, 5.74) is 3.12. The molecule has 2 rings (SSSR count). The van der Waals surface area contributed by atoms with Crippen LogP contribution < -0.4 is 0 Å². The molecule has 0 fully saturated rings. The number of aryl methyl sites for hydroxylation is 1. The molecule has 2 aromatic rings. The molecule has 0 amide bonds. The zero-order chi connectivity index (χ0) is 9.97. The topological polar surface area (TPSA) is 25.8 Å². The van der Waals surface area contributed by atoms with E-state index in [0.29, 0.717) is 5.15 Å². The molecule has 0 aliphatic heterocycles. The lowest BCUT2D eigenvalue weighted by Crippen LogP contribution is -1.87. The van der Waals surface area contributed by atoms with Crippen molar-refractivity contribution in [1.29, 1.82) is 0 Å². The Balaban J connectivity index is 2.44. The van der Waals surface area contributed by atoms with E-state index in [1.54, 1.807) is 6.07 Å². The van der Waals surface area contributed by atoms with Crippen LogP contribution >= 0.6 is 11.6 Å². The van der Waals surface area contributed by atoms with Crippen LogP contribution in [0.1, 0.15) is 5.56 Å². The van der Waals surface area contributed by atoms with E-state index in [2.05, 4.69) is 16.3 Å². The molecule has 0 spiro atoms. The monoisotopic (exact) mass is 204 g/mol. The van der Waals surface area contributed by atoms with Crippen LogP contribution in [-0.2, 0) is 0 Å². The zero-order valence-electron chi connectivity index (χ0n) is 7.74. The van der Waals surface area contributed by atoms with Crippen molar-refractivity contribution in [3.63, 3.8) is 0 Å². The van der Waals surface area contributed by atoms with Crippen molar-refractivity contribution < 1.29 is 0 Å². The number of benzene rings is 1. The summed E-state index contributed by atoms with van der Waals surface area (Å²) in [5, 5.41) is 8.23. The first-order chi connectivity index (χ1) is 6.75. The van der Waals surface area contributed by atoms with Crippen LogP contribution in [-0.4, -0.2) is 10.2 Å². The third-order valence-electron chi connectivity index (χ3n) is 1.95. The maximum atomic E-state index is 5.66. The van der Waals surface area contributed by atoms with Gasteiger partial charge in [0.15, 0.2) is 5.15 Å². The van der Waals surface area contributed by atoms with E-state index in [9.17, 15) is 0 Å². The molecular formula is C11H9ClN2. The molecule has 0 N–H and O–H groups in total. The predicted molar refractivity (Wildman–Crippen MR) is 57.2 cm³/mol. The van der Waals surface area contributed by atoms with Crippen LogP contribution in [0.15, 0.2) is 36.4 Å². The molecule has 14 heavy (non-hydrogen) atoms. The maximum Gasteiger partial charge on any atom is 0.151 e. The van der Waals surface area contributed by atoms with Gasteiger partial charge in [-0.05, 0) is 25.1 Å². The number of hydrogen-bond donors (Lipinski definition) is 0. The minimum Gasteiger partial charge on any atom is -0.149 e. The molecule has 0 saturated carbocycles. The van der Waals surface area contributed by atoms with Gasteiger partial charge in [-0.1, -0.05) is 35.4 Å². The summed E-state index contributed by atoms with van der Waals surface area (Å²) in [5.74, 6) is 0. The zero-order valence-corrected chi connectivity index (χ0v) is 8.49. The van der Waals surface area contributed by atoms with Crippen LogP contribution in [0.4, 0.5) is 0 Å². The second-order valence-corrected chi connectivity index (χ2v) is 3.50. The van der Waals surface area contributed by atoms with Gasteiger partial charge in [0.1, 0.15) is 0 Å². The van der Waals surface area contributed by atoms with Crippen molar-refractivity contribution in [3.05, 3.63) is 47.1 Å². The summed E-state index contributed by atoms with van der Waals surface area (Å²) < 4.78 is 0. The Bertz CT molecular complexity index is 437. The van der Waals surface area contributed by atoms with Crippen molar-refractivity contribution >= 4 is 11.6 Å². The lowest BCUT2D eigenvalue weighted by Gasteiger charge is -2.00. The molecule has 0 aliphatic carbocycles. The van der Waals surface area contributed by atoms with Gasteiger partial charge in [-0.15, -0.1) is 10.2 Å². The lowest BCUT2D eigenvalue weighted by molar-refractivity contribution is 1.04. The first-order valence-electron chi connectivity index (χ1n) is 4.32. The van der Waals surface area contributed by atoms with Crippen LogP contribution in [0.25, 0.3) is 11.3 Å². The third-order valence-corrected chi connectivity index (χ3v) is 2.15. The van der Waals surface area contributed by atoms with Crippen molar-refractivity contribution in [2.24, 2.45) is 0 Å². The molecule has 1 aromatic heterocycles. The largest absolute Gasteiger partial charge is 0.151 e. The van der Waals surface area contributed by atoms with E-state index in [-0.39, 0.29) is 0 Å². The van der Waals surface area contributed by atoms with Gasteiger partial charge >= 0.3 is 0 Å². The lowest BCUT2D eigenvalue weighted by atomic mass is 10.1. The molecule has 1 aromatic carbocycles. The van der Waals surface area contributed by atoms with Crippen molar-refractivity contribution in [3.8, 4) is 11.3 Å². The Morgan fingerprint density at radius 3 is 2.57 bits per heavy atom. The maximum absolute atomic E-state index is 5.66. The van der Waals surface area contributed by atoms with Crippen LogP contribution in [0.5, 0.6) is 0 Å². The summed E-state index contributed by atoms with van der Waals surface area (Å²) >= 11 is 5.66. The fourth-order valence-corrected chi connectivity index (χ4v) is 1.38. The highest BCUT2D eigenvalue weighted by Crippen LogP contribution is 2.17. The summed E-state index contributed by atoms with van der Waals surface area (Å²) in [6, 6.07) is 11.7. The number of aromatic nitrogens is 2. The molecule has 2 nitrogen and oxygen atoms in total. The van der Waals surface area contributed by atoms with Gasteiger partial charge in [-0.2, -0.15) is 0 Å². The molecule has 1 heterocycles. The molecule has 70 valence electrons. The number of rotatable bonds is 1. The van der Waals surface area contributed by atoms with E-state index in [4.69, 9.17) is 11.6 Å². The number of hydrogen-bond acceptors (Lipinski definition) is 2. The van der Waals surface area contributed by atoms with E-state index in [1.165, 1.54) is 5.56 Å². The Morgan fingerprint density at radius 1 is 1.07 bits per heavy atom. The molecule has 0 bridgehead atoms. The van der Waals surface area contributed by atoms with E-state index < -0.39 is 0 Å². The first kappa shape index (κ1) is 9.16. The van der Waals surface area contributed by atoms with Gasteiger partial charge in [-0.3, -0.25) is 0 Å². The first-order valence-corrected chi connectivity index (χ1v) is 4.70. The molecule has 0 aliphatic rings. The second kappa shape index (κ2) is 3.76. The quantitative estimate of drug-likeness (QED) is 0.714. The van der Waals surface area contributed by atoms with Crippen molar-refractivity contribution in [2.45, 2.75) is 6.92 Å². The molecule has 0 saturated heterocycles. The minimum absolute atomic E-state index is 0.418. The van der Waals surface area contributed by atoms with Crippen LogP contribution in [0.3, 0.4) is 0 Å². The summed E-state index contributed by atoms with van der Waals surface area (Å²) in [4.78, 5) is 0. The van der Waals surface area contributed by atoms with Crippen molar-refractivity contribution in [1.82, 2.24) is 10.2 Å². The molecule has 0 radical (unpaired) electrons. The Morgan fingerprint density at radius 2 is 1.93 bits per heavy atom. The summed E-state index contributed by atoms with van der Waals surface area (Å²) in [6.45, 7) is 2.05. The average molecular weight is 205 g/mol. The predicted octanol–water partition coefficient (Wildman–Crippen LogP) is 3.11. The van der Waals surface area contributed by atoms with E-state index in [0.717, 1.165) is 11.3 Å².